The van der Waals surface area contributed by atoms with Crippen LogP contribution in [0, 0.1) is 11.3 Å². The minimum Gasteiger partial charge on any atom is -0.350 e. The van der Waals surface area contributed by atoms with E-state index in [9.17, 15) is 0 Å². The second kappa shape index (κ2) is 7.36. The fourth-order valence-corrected chi connectivity index (χ4v) is 1.94. The molecular weight excluding hydrogens is 262 g/mol. The highest BCUT2D eigenvalue weighted by atomic mass is 15.2. The smallest absolute Gasteiger partial charge is 0.158 e. The standard InChI is InChI=1S/C16H19N5/c1-20(2)8-9-21(13-14-6-4-3-5-7-14)16-12-18-15(10-17)11-19-16/h3-7,11-12H,8-9,13H2,1-2H3. The maximum absolute atomic E-state index is 8.81. The van der Waals surface area contributed by atoms with Crippen LogP contribution in [0.15, 0.2) is 42.7 Å². The Balaban J connectivity index is 2.16. The highest BCUT2D eigenvalue weighted by Gasteiger charge is 2.10. The molecule has 0 saturated heterocycles. The van der Waals surface area contributed by atoms with Crippen LogP contribution < -0.4 is 4.90 Å². The Labute approximate surface area is 125 Å². The third kappa shape index (κ3) is 4.55. The second-order valence-electron chi connectivity index (χ2n) is 5.08. The van der Waals surface area contributed by atoms with Gasteiger partial charge in [0.1, 0.15) is 11.9 Å². The molecule has 0 radical (unpaired) electrons. The number of hydrogen-bond donors (Lipinski definition) is 0. The lowest BCUT2D eigenvalue weighted by atomic mass is 10.2. The molecule has 0 saturated carbocycles. The number of rotatable bonds is 6. The SMILES string of the molecule is CN(C)CCN(Cc1ccccc1)c1cnc(C#N)cn1. The first-order valence-electron chi connectivity index (χ1n) is 6.85. The van der Waals surface area contributed by atoms with Gasteiger partial charge in [0.05, 0.1) is 12.4 Å². The second-order valence-corrected chi connectivity index (χ2v) is 5.08. The number of benzene rings is 1. The molecule has 5 nitrogen and oxygen atoms in total. The van der Waals surface area contributed by atoms with Crippen molar-refractivity contribution in [3.05, 3.63) is 54.0 Å². The third-order valence-corrected chi connectivity index (χ3v) is 3.11. The van der Waals surface area contributed by atoms with Crippen LogP contribution >= 0.6 is 0 Å². The summed E-state index contributed by atoms with van der Waals surface area (Å²) in [5.41, 5.74) is 1.56. The van der Waals surface area contributed by atoms with E-state index in [1.807, 2.05) is 38.4 Å². The van der Waals surface area contributed by atoms with Crippen molar-refractivity contribution < 1.29 is 0 Å². The topological polar surface area (TPSA) is 56.0 Å². The van der Waals surface area contributed by atoms with Gasteiger partial charge in [0.2, 0.25) is 0 Å². The summed E-state index contributed by atoms with van der Waals surface area (Å²) >= 11 is 0. The summed E-state index contributed by atoms with van der Waals surface area (Å²) in [6, 6.07) is 12.3. The van der Waals surface area contributed by atoms with E-state index in [4.69, 9.17) is 5.26 Å². The summed E-state index contributed by atoms with van der Waals surface area (Å²) in [5.74, 6) is 0.791. The van der Waals surface area contributed by atoms with E-state index in [1.165, 1.54) is 11.8 Å². The van der Waals surface area contributed by atoms with E-state index in [0.717, 1.165) is 25.5 Å². The van der Waals surface area contributed by atoms with Gasteiger partial charge in [-0.15, -0.1) is 0 Å². The predicted molar refractivity (Wildman–Crippen MR) is 82.8 cm³/mol. The highest BCUT2D eigenvalue weighted by molar-refractivity contribution is 5.38. The summed E-state index contributed by atoms with van der Waals surface area (Å²) in [4.78, 5) is 12.8. The third-order valence-electron chi connectivity index (χ3n) is 3.11. The van der Waals surface area contributed by atoms with Crippen LogP contribution in [0.4, 0.5) is 5.82 Å². The van der Waals surface area contributed by atoms with Gasteiger partial charge in [0.25, 0.3) is 0 Å². The van der Waals surface area contributed by atoms with Gasteiger partial charge in [-0.05, 0) is 19.7 Å². The van der Waals surface area contributed by atoms with E-state index in [1.54, 1.807) is 6.20 Å². The maximum Gasteiger partial charge on any atom is 0.158 e. The summed E-state index contributed by atoms with van der Waals surface area (Å²) in [6.07, 6.45) is 3.18. The molecule has 1 aromatic heterocycles. The lowest BCUT2D eigenvalue weighted by Crippen LogP contribution is -2.32. The molecule has 1 aromatic carbocycles. The van der Waals surface area contributed by atoms with E-state index in [2.05, 4.69) is 31.9 Å². The molecule has 1 heterocycles. The van der Waals surface area contributed by atoms with Crippen LogP contribution in [0.2, 0.25) is 0 Å². The van der Waals surface area contributed by atoms with Gasteiger partial charge in [-0.2, -0.15) is 5.26 Å². The van der Waals surface area contributed by atoms with E-state index < -0.39 is 0 Å². The Morgan fingerprint density at radius 1 is 1.05 bits per heavy atom. The molecule has 0 amide bonds. The van der Waals surface area contributed by atoms with Crippen LogP contribution in [0.1, 0.15) is 11.3 Å². The molecule has 0 aliphatic carbocycles. The van der Waals surface area contributed by atoms with Gasteiger partial charge in [-0.1, -0.05) is 30.3 Å². The van der Waals surface area contributed by atoms with Crippen LogP contribution in [0.3, 0.4) is 0 Å². The summed E-state index contributed by atoms with van der Waals surface area (Å²) < 4.78 is 0. The largest absolute Gasteiger partial charge is 0.350 e. The normalized spacial score (nSPS) is 10.4. The van der Waals surface area contributed by atoms with Gasteiger partial charge >= 0.3 is 0 Å². The van der Waals surface area contributed by atoms with E-state index >= 15 is 0 Å². The summed E-state index contributed by atoms with van der Waals surface area (Å²) in [6.45, 7) is 2.55. The quantitative estimate of drug-likeness (QED) is 0.809. The fourth-order valence-electron chi connectivity index (χ4n) is 1.94. The molecule has 0 aliphatic heterocycles. The van der Waals surface area contributed by atoms with Gasteiger partial charge in [-0.3, -0.25) is 0 Å². The Kier molecular flexibility index (Phi) is 5.24. The maximum atomic E-state index is 8.81. The zero-order valence-corrected chi connectivity index (χ0v) is 12.4. The van der Waals surface area contributed by atoms with Gasteiger partial charge < -0.3 is 9.80 Å². The first-order valence-corrected chi connectivity index (χ1v) is 6.85. The van der Waals surface area contributed by atoms with Gasteiger partial charge in [0.15, 0.2) is 5.69 Å². The highest BCUT2D eigenvalue weighted by Crippen LogP contribution is 2.13. The van der Waals surface area contributed by atoms with Gasteiger partial charge in [-0.25, -0.2) is 9.97 Å². The monoisotopic (exact) mass is 281 g/mol. The first kappa shape index (κ1) is 14.9. The molecule has 2 rings (SSSR count). The molecule has 0 bridgehead atoms. The number of nitrogens with zero attached hydrogens (tertiary/aromatic N) is 5. The minimum atomic E-state index is 0.339. The number of anilines is 1. The average molecular weight is 281 g/mol. The van der Waals surface area contributed by atoms with Crippen LogP contribution in [-0.4, -0.2) is 42.1 Å². The van der Waals surface area contributed by atoms with Crippen molar-refractivity contribution in [1.29, 1.82) is 5.26 Å². The molecule has 0 fully saturated rings. The zero-order valence-electron chi connectivity index (χ0n) is 12.4. The van der Waals surface area contributed by atoms with Crippen molar-refractivity contribution in [1.82, 2.24) is 14.9 Å². The van der Waals surface area contributed by atoms with Crippen molar-refractivity contribution in [2.75, 3.05) is 32.1 Å². The molecule has 2 aromatic rings. The minimum absolute atomic E-state index is 0.339. The molecule has 0 unspecified atom stereocenters. The number of likely N-dealkylation sites (N-methyl/N-ethyl adjacent to an activating group) is 1. The van der Waals surface area contributed by atoms with Crippen molar-refractivity contribution in [2.45, 2.75) is 6.54 Å². The summed E-state index contributed by atoms with van der Waals surface area (Å²) in [5, 5.41) is 8.81. The molecule has 0 N–H and O–H groups in total. The number of hydrogen-bond acceptors (Lipinski definition) is 5. The Bertz CT molecular complexity index is 586. The van der Waals surface area contributed by atoms with Crippen LogP contribution in [0.25, 0.3) is 0 Å². The van der Waals surface area contributed by atoms with Crippen LogP contribution in [-0.2, 0) is 6.54 Å². The van der Waals surface area contributed by atoms with Crippen LogP contribution in [0.5, 0.6) is 0 Å². The van der Waals surface area contributed by atoms with Crippen molar-refractivity contribution >= 4 is 5.82 Å². The number of nitriles is 1. The Hall–Kier alpha value is -2.45. The van der Waals surface area contributed by atoms with Crippen molar-refractivity contribution in [3.8, 4) is 6.07 Å². The Morgan fingerprint density at radius 3 is 2.38 bits per heavy atom. The lowest BCUT2D eigenvalue weighted by molar-refractivity contribution is 0.412. The van der Waals surface area contributed by atoms with Gasteiger partial charge in [0, 0.05) is 19.6 Å². The predicted octanol–water partition coefficient (Wildman–Crippen LogP) is 1.92. The van der Waals surface area contributed by atoms with E-state index in [0.29, 0.717) is 5.69 Å². The molecule has 0 atom stereocenters. The first-order chi connectivity index (χ1) is 10.2. The molecule has 5 heteroatoms. The lowest BCUT2D eigenvalue weighted by Gasteiger charge is -2.25. The molecule has 0 spiro atoms. The zero-order chi connectivity index (χ0) is 15.1. The molecule has 108 valence electrons. The molecule has 0 aliphatic rings. The molecule has 21 heavy (non-hydrogen) atoms. The fraction of sp³-hybridized carbons (Fsp3) is 0.312. The van der Waals surface area contributed by atoms with Crippen molar-refractivity contribution in [3.63, 3.8) is 0 Å². The Morgan fingerprint density at radius 2 is 1.81 bits per heavy atom. The average Bonchev–Trinajstić information content (AvgIpc) is 2.52. The number of aromatic nitrogens is 2. The summed E-state index contributed by atoms with van der Waals surface area (Å²) in [7, 11) is 4.09. The molecular formula is C16H19N5. The van der Waals surface area contributed by atoms with E-state index in [-0.39, 0.29) is 0 Å². The van der Waals surface area contributed by atoms with Crippen molar-refractivity contribution in [2.24, 2.45) is 0 Å².